The molecule has 5 heteroatoms. The van der Waals surface area contributed by atoms with Crippen molar-refractivity contribution in [1.29, 1.82) is 0 Å². The molecule has 2 aromatic heterocycles. The first-order chi connectivity index (χ1) is 19.4. The van der Waals surface area contributed by atoms with Gasteiger partial charge in [0.25, 0.3) is 6.71 Å². The van der Waals surface area contributed by atoms with Crippen LogP contribution in [0, 0.1) is 0 Å². The lowest BCUT2D eigenvalue weighted by atomic mass is 9.39. The van der Waals surface area contributed by atoms with E-state index in [0.29, 0.717) is 0 Å². The lowest BCUT2D eigenvalue weighted by Gasteiger charge is -2.42. The van der Waals surface area contributed by atoms with Crippen LogP contribution >= 0.6 is 22.7 Å². The molecule has 0 aliphatic carbocycles. The molecule has 4 heterocycles. The molecule has 0 N–H and O–H groups in total. The van der Waals surface area contributed by atoms with Crippen LogP contribution in [0.25, 0.3) is 20.2 Å². The van der Waals surface area contributed by atoms with Crippen LogP contribution in [-0.2, 0) is 0 Å². The van der Waals surface area contributed by atoms with Crippen molar-refractivity contribution in [3.63, 3.8) is 0 Å². The van der Waals surface area contributed by atoms with Crippen LogP contribution in [-0.4, -0.2) is 6.71 Å². The zero-order valence-corrected chi connectivity index (χ0v) is 22.5. The summed E-state index contributed by atoms with van der Waals surface area (Å²) in [6, 6.07) is 46.4. The zero-order chi connectivity index (χ0) is 25.5. The normalized spacial score (nSPS) is 13.5. The monoisotopic (exact) mass is 532 g/mol. The molecule has 0 saturated heterocycles. The summed E-state index contributed by atoms with van der Waals surface area (Å²) in [6.07, 6.45) is 0. The fraction of sp³-hybridized carbons (Fsp3) is 0. The third-order valence-electron chi connectivity index (χ3n) is 8.02. The number of para-hydroxylation sites is 2. The summed E-state index contributed by atoms with van der Waals surface area (Å²) in [5.41, 5.74) is 8.97. The second-order valence-corrected chi connectivity index (χ2v) is 12.3. The van der Waals surface area contributed by atoms with Crippen molar-refractivity contribution in [3.05, 3.63) is 127 Å². The smallest absolute Gasteiger partial charge is 0.277 e. The van der Waals surface area contributed by atoms with Gasteiger partial charge in [-0.05, 0) is 54.0 Å². The fourth-order valence-electron chi connectivity index (χ4n) is 6.49. The standard InChI is InChI=1S/C34H21BN2S2/c1-3-12-22(13-4-1)36-26-18-11-19-27-30(26)35(33-31(36)24-16-7-9-20-28(24)38-33)34-32(25-17-8-10-21-29(25)39-34)37(27)23-14-5-2-6-15-23/h1-21H. The average Bonchev–Trinajstić information content (AvgIpc) is 3.57. The lowest BCUT2D eigenvalue weighted by Crippen LogP contribution is -2.59. The highest BCUT2D eigenvalue weighted by Crippen LogP contribution is 2.49. The van der Waals surface area contributed by atoms with Crippen molar-refractivity contribution >= 4 is 98.7 Å². The second kappa shape index (κ2) is 8.09. The third-order valence-corrected chi connectivity index (χ3v) is 10.5. The fourth-order valence-corrected chi connectivity index (χ4v) is 9.19. The number of thiophene rings is 2. The van der Waals surface area contributed by atoms with Gasteiger partial charge in [0.1, 0.15) is 0 Å². The Hall–Kier alpha value is -4.32. The SMILES string of the molecule is c1ccc(N2c3cccc4c3B(c3sc5ccccc5c32)c2sc3ccccc3c2N4c2ccccc2)cc1. The van der Waals surface area contributed by atoms with Gasteiger partial charge in [0.2, 0.25) is 0 Å². The van der Waals surface area contributed by atoms with E-state index in [-0.39, 0.29) is 6.71 Å². The summed E-state index contributed by atoms with van der Waals surface area (Å²) in [6.45, 7) is 0.191. The Labute approximate surface area is 235 Å². The molecule has 0 radical (unpaired) electrons. The Morgan fingerprint density at radius 1 is 0.436 bits per heavy atom. The van der Waals surface area contributed by atoms with E-state index in [0.717, 1.165) is 0 Å². The van der Waals surface area contributed by atoms with Crippen molar-refractivity contribution in [1.82, 2.24) is 0 Å². The van der Waals surface area contributed by atoms with Gasteiger partial charge in [0.05, 0.1) is 11.4 Å². The maximum Gasteiger partial charge on any atom is 0.277 e. The number of rotatable bonds is 2. The number of anilines is 6. The predicted octanol–water partition coefficient (Wildman–Crippen LogP) is 8.20. The lowest BCUT2D eigenvalue weighted by molar-refractivity contribution is 1.28. The zero-order valence-electron chi connectivity index (χ0n) is 20.9. The highest BCUT2D eigenvalue weighted by atomic mass is 32.1. The highest BCUT2D eigenvalue weighted by molar-refractivity contribution is 7.40. The van der Waals surface area contributed by atoms with E-state index in [1.165, 1.54) is 69.3 Å². The van der Waals surface area contributed by atoms with Crippen LogP contribution in [0.2, 0.25) is 0 Å². The van der Waals surface area contributed by atoms with Gasteiger partial charge in [0, 0.05) is 52.5 Å². The quantitative estimate of drug-likeness (QED) is 0.207. The second-order valence-electron chi connectivity index (χ2n) is 10.1. The minimum absolute atomic E-state index is 0.191. The minimum atomic E-state index is 0.191. The van der Waals surface area contributed by atoms with Crippen molar-refractivity contribution in [2.75, 3.05) is 9.80 Å². The molecule has 39 heavy (non-hydrogen) atoms. The maximum atomic E-state index is 2.50. The number of hydrogen-bond acceptors (Lipinski definition) is 4. The van der Waals surface area contributed by atoms with Gasteiger partial charge in [0.15, 0.2) is 0 Å². The van der Waals surface area contributed by atoms with Crippen molar-refractivity contribution in [2.45, 2.75) is 0 Å². The third kappa shape index (κ3) is 2.92. The first-order valence-corrected chi connectivity index (χ1v) is 14.9. The predicted molar refractivity (Wildman–Crippen MR) is 171 cm³/mol. The van der Waals surface area contributed by atoms with Crippen LogP contribution in [0.15, 0.2) is 127 Å². The number of nitrogens with zero attached hydrogens (tertiary/aromatic N) is 2. The number of hydrogen-bond donors (Lipinski definition) is 0. The molecule has 0 atom stereocenters. The molecule has 0 spiro atoms. The summed E-state index contributed by atoms with van der Waals surface area (Å²) < 4.78 is 5.54. The molecule has 2 aliphatic heterocycles. The van der Waals surface area contributed by atoms with Crippen LogP contribution in [0.3, 0.4) is 0 Å². The first kappa shape index (κ1) is 21.6. The molecule has 0 unspecified atom stereocenters. The van der Waals surface area contributed by atoms with E-state index in [9.17, 15) is 0 Å². The molecule has 0 bridgehead atoms. The number of fused-ring (bicyclic) bond motifs is 8. The van der Waals surface area contributed by atoms with E-state index in [2.05, 4.69) is 137 Å². The van der Waals surface area contributed by atoms with Crippen LogP contribution in [0.1, 0.15) is 0 Å². The highest BCUT2D eigenvalue weighted by Gasteiger charge is 2.46. The molecule has 9 rings (SSSR count). The van der Waals surface area contributed by atoms with Gasteiger partial charge in [-0.1, -0.05) is 78.9 Å². The largest absolute Gasteiger partial charge is 0.310 e. The van der Waals surface area contributed by atoms with Crippen LogP contribution < -0.4 is 24.8 Å². The van der Waals surface area contributed by atoms with Gasteiger partial charge in [-0.3, -0.25) is 0 Å². The molecule has 2 aliphatic rings. The van der Waals surface area contributed by atoms with E-state index in [4.69, 9.17) is 0 Å². The Morgan fingerprint density at radius 2 is 0.872 bits per heavy atom. The Kier molecular flexibility index (Phi) is 4.48. The number of benzene rings is 5. The molecule has 0 amide bonds. The molecule has 7 aromatic rings. The first-order valence-electron chi connectivity index (χ1n) is 13.2. The van der Waals surface area contributed by atoms with Gasteiger partial charge in [-0.25, -0.2) is 0 Å². The van der Waals surface area contributed by atoms with E-state index < -0.39 is 0 Å². The molecule has 0 fully saturated rings. The van der Waals surface area contributed by atoms with Gasteiger partial charge in [-0.2, -0.15) is 0 Å². The van der Waals surface area contributed by atoms with E-state index in [1.807, 2.05) is 22.7 Å². The van der Waals surface area contributed by atoms with Crippen molar-refractivity contribution in [3.8, 4) is 0 Å². The molecule has 2 nitrogen and oxygen atoms in total. The molecular formula is C34H21BN2S2. The van der Waals surface area contributed by atoms with Gasteiger partial charge < -0.3 is 9.80 Å². The molecule has 5 aromatic carbocycles. The van der Waals surface area contributed by atoms with Crippen molar-refractivity contribution in [2.24, 2.45) is 0 Å². The van der Waals surface area contributed by atoms with Crippen LogP contribution in [0.4, 0.5) is 34.1 Å². The maximum absolute atomic E-state index is 2.50. The summed E-state index contributed by atoms with van der Waals surface area (Å²) >= 11 is 3.91. The van der Waals surface area contributed by atoms with Crippen LogP contribution in [0.5, 0.6) is 0 Å². The minimum Gasteiger partial charge on any atom is -0.310 e. The van der Waals surface area contributed by atoms with Crippen molar-refractivity contribution < 1.29 is 0 Å². The Morgan fingerprint density at radius 3 is 1.36 bits per heavy atom. The Balaban J connectivity index is 1.45. The van der Waals surface area contributed by atoms with E-state index >= 15 is 0 Å². The summed E-state index contributed by atoms with van der Waals surface area (Å²) in [5, 5.41) is 2.65. The molecule has 182 valence electrons. The summed E-state index contributed by atoms with van der Waals surface area (Å²) in [5.74, 6) is 0. The van der Waals surface area contributed by atoms with Gasteiger partial charge in [-0.15, -0.1) is 22.7 Å². The summed E-state index contributed by atoms with van der Waals surface area (Å²) in [7, 11) is 0. The van der Waals surface area contributed by atoms with E-state index in [1.54, 1.807) is 0 Å². The molecular weight excluding hydrogens is 511 g/mol. The molecule has 0 saturated carbocycles. The summed E-state index contributed by atoms with van der Waals surface area (Å²) in [4.78, 5) is 5.01. The van der Waals surface area contributed by atoms with Gasteiger partial charge >= 0.3 is 0 Å². The topological polar surface area (TPSA) is 6.48 Å². The Bertz CT molecular complexity index is 1900. The average molecular weight is 533 g/mol.